The summed E-state index contributed by atoms with van der Waals surface area (Å²) in [5.74, 6) is 0. The van der Waals surface area contributed by atoms with E-state index in [9.17, 15) is 19.2 Å². The molecule has 268 valence electrons. The lowest BCUT2D eigenvalue weighted by molar-refractivity contribution is -0.138. The smallest absolute Gasteiger partial charge is 0.264 e. The van der Waals surface area contributed by atoms with E-state index in [1.165, 1.54) is 5.56 Å². The Hall–Kier alpha value is -4.62. The van der Waals surface area contributed by atoms with Crippen LogP contribution in [0.5, 0.6) is 0 Å². The van der Waals surface area contributed by atoms with Crippen LogP contribution in [-0.4, -0.2) is 60.8 Å². The predicted molar refractivity (Wildman–Crippen MR) is 204 cm³/mol. The molecule has 0 bridgehead atoms. The molecule has 12 heteroatoms. The number of nitrogens with one attached hydrogen (secondary N) is 1. The van der Waals surface area contributed by atoms with Gasteiger partial charge in [-0.1, -0.05) is 37.6 Å². The number of fused-ring (bicyclic) bond motifs is 3. The number of hydrogen-bond donors (Lipinski definition) is 4. The average molecular weight is 688 g/mol. The highest BCUT2D eigenvalue weighted by molar-refractivity contribution is 6.21. The van der Waals surface area contributed by atoms with E-state index in [1.807, 2.05) is 50.2 Å². The van der Waals surface area contributed by atoms with Gasteiger partial charge in [-0.15, -0.1) is 0 Å². The zero-order chi connectivity index (χ0) is 37.1. The van der Waals surface area contributed by atoms with Crippen molar-refractivity contribution in [1.82, 2.24) is 9.47 Å². The molecule has 50 heavy (non-hydrogen) atoms. The summed E-state index contributed by atoms with van der Waals surface area (Å²) in [5, 5.41) is 10.8. The Bertz CT molecular complexity index is 2200. The van der Waals surface area contributed by atoms with Crippen LogP contribution in [0.1, 0.15) is 59.1 Å². The van der Waals surface area contributed by atoms with E-state index in [1.54, 1.807) is 46.1 Å². The van der Waals surface area contributed by atoms with Crippen molar-refractivity contribution in [3.8, 4) is 0 Å². The first-order valence-electron chi connectivity index (χ1n) is 16.8. The lowest BCUT2D eigenvalue weighted by Gasteiger charge is -2.36. The predicted octanol–water partition coefficient (Wildman–Crippen LogP) is 4.40. The number of anilines is 4. The minimum atomic E-state index is -0.961. The maximum Gasteiger partial charge on any atom is 0.264 e. The molecule has 0 saturated heterocycles. The SMILES string of the molecule is CCCCc1ccc(Nc2cccc3c(=O)c4c(N)c5c(=O)n(C(C)C(C)(C)OC(C)N(C)C)c(=O)c5c(N)c4c(=O)c23)cc1.COCCO. The Labute approximate surface area is 290 Å². The number of hydrogen-bond acceptors (Lipinski definition) is 11. The first-order valence-corrected chi connectivity index (χ1v) is 16.8. The standard InChI is InChI=1S/C35H41N5O5.C3H8O2/c1-8-9-11-20-14-16-21(17-15-20)38-23-13-10-12-22-24(23)32(42)26-25(31(22)41)29(36)27-28(30(26)37)34(44)40(33(27)43)18(2)35(4,5)45-19(3)39(6)7;1-5-3-2-4/h10,12-19,38H,8-9,11,36-37H2,1-7H3;4H,2-3H2,1H3. The number of nitrogens with zero attached hydrogens (tertiary/aromatic N) is 2. The van der Waals surface area contributed by atoms with E-state index in [-0.39, 0.29) is 56.5 Å². The van der Waals surface area contributed by atoms with Crippen LogP contribution in [0, 0.1) is 0 Å². The fraction of sp³-hybridized carbons (Fsp3) is 0.421. The van der Waals surface area contributed by atoms with Gasteiger partial charge in [-0.3, -0.25) is 28.6 Å². The number of methoxy groups -OCH3 is 1. The molecular formula is C38H49N5O7. The second-order valence-corrected chi connectivity index (χ2v) is 13.3. The van der Waals surface area contributed by atoms with Crippen molar-refractivity contribution in [2.75, 3.05) is 51.2 Å². The molecule has 1 heterocycles. The van der Waals surface area contributed by atoms with Crippen LogP contribution in [0.25, 0.3) is 32.3 Å². The number of nitrogen functional groups attached to an aromatic ring is 2. The summed E-state index contributed by atoms with van der Waals surface area (Å²) in [6.45, 7) is 9.86. The van der Waals surface area contributed by atoms with Crippen molar-refractivity contribution < 1.29 is 14.6 Å². The summed E-state index contributed by atoms with van der Waals surface area (Å²) in [7, 11) is 5.27. The second-order valence-electron chi connectivity index (χ2n) is 13.3. The molecule has 12 nitrogen and oxygen atoms in total. The van der Waals surface area contributed by atoms with E-state index in [0.29, 0.717) is 12.3 Å². The molecule has 0 fully saturated rings. The van der Waals surface area contributed by atoms with Crippen LogP contribution in [0.3, 0.4) is 0 Å². The molecule has 0 aliphatic rings. The van der Waals surface area contributed by atoms with Gasteiger partial charge in [-0.2, -0.15) is 0 Å². The Balaban J connectivity index is 0.00000105. The average Bonchev–Trinajstić information content (AvgIpc) is 3.34. The van der Waals surface area contributed by atoms with Gasteiger partial charge < -0.3 is 31.4 Å². The molecule has 0 amide bonds. The number of nitrogens with two attached hydrogens (primary N) is 2. The minimum absolute atomic E-state index is 0.122. The highest BCUT2D eigenvalue weighted by atomic mass is 16.5. The van der Waals surface area contributed by atoms with Gasteiger partial charge in [0.15, 0.2) is 10.9 Å². The largest absolute Gasteiger partial charge is 0.397 e. The molecule has 5 rings (SSSR count). The van der Waals surface area contributed by atoms with Gasteiger partial charge in [-0.25, -0.2) is 0 Å². The van der Waals surface area contributed by atoms with E-state index in [2.05, 4.69) is 17.0 Å². The molecule has 2 atom stereocenters. The van der Waals surface area contributed by atoms with Crippen molar-refractivity contribution in [2.45, 2.75) is 71.8 Å². The Morgan fingerprint density at radius 3 is 1.96 bits per heavy atom. The number of aromatic nitrogens is 1. The fourth-order valence-electron chi connectivity index (χ4n) is 6.08. The van der Waals surface area contributed by atoms with Crippen molar-refractivity contribution in [1.29, 1.82) is 0 Å². The number of aliphatic hydroxyl groups excluding tert-OH is 1. The summed E-state index contributed by atoms with van der Waals surface area (Å²) in [6, 6.07) is 12.1. The summed E-state index contributed by atoms with van der Waals surface area (Å²) in [6.07, 6.45) is 2.86. The zero-order valence-corrected chi connectivity index (χ0v) is 30.2. The Kier molecular flexibility index (Phi) is 11.8. The monoisotopic (exact) mass is 687 g/mol. The molecular weight excluding hydrogens is 638 g/mol. The summed E-state index contributed by atoms with van der Waals surface area (Å²) in [5.41, 5.74) is 11.5. The molecule has 0 aliphatic heterocycles. The van der Waals surface area contributed by atoms with Crippen LogP contribution in [0.2, 0.25) is 0 Å². The van der Waals surface area contributed by atoms with Gasteiger partial charge in [0, 0.05) is 18.2 Å². The van der Waals surface area contributed by atoms with Crippen molar-refractivity contribution in [3.63, 3.8) is 0 Å². The highest BCUT2D eigenvalue weighted by Crippen LogP contribution is 2.35. The molecule has 0 aliphatic carbocycles. The lowest BCUT2D eigenvalue weighted by atomic mass is 9.96. The normalized spacial score (nSPS) is 13.2. The van der Waals surface area contributed by atoms with Crippen LogP contribution in [0.4, 0.5) is 22.7 Å². The summed E-state index contributed by atoms with van der Waals surface area (Å²) < 4.78 is 11.7. The van der Waals surface area contributed by atoms with Crippen molar-refractivity contribution >= 4 is 55.1 Å². The van der Waals surface area contributed by atoms with E-state index < -0.39 is 33.6 Å². The molecule has 4 aromatic carbocycles. The second kappa shape index (κ2) is 15.5. The van der Waals surface area contributed by atoms with Crippen molar-refractivity contribution in [2.24, 2.45) is 0 Å². The zero-order valence-electron chi connectivity index (χ0n) is 30.2. The van der Waals surface area contributed by atoms with Crippen LogP contribution in [0.15, 0.2) is 61.6 Å². The molecule has 0 spiro atoms. The minimum Gasteiger partial charge on any atom is -0.397 e. The topological polar surface area (TPSA) is 179 Å². The Morgan fingerprint density at radius 2 is 1.46 bits per heavy atom. The molecule has 1 aromatic heterocycles. The molecule has 6 N–H and O–H groups in total. The third-order valence-electron chi connectivity index (χ3n) is 9.38. The third kappa shape index (κ3) is 7.15. The molecule has 5 aromatic rings. The first-order chi connectivity index (χ1) is 23.6. The molecule has 2 unspecified atom stereocenters. The maximum absolute atomic E-state index is 14.2. The number of unbranched alkanes of at least 4 members (excludes halogenated alkanes) is 1. The number of aliphatic hydroxyl groups is 1. The highest BCUT2D eigenvalue weighted by Gasteiger charge is 2.35. The van der Waals surface area contributed by atoms with Gasteiger partial charge >= 0.3 is 0 Å². The third-order valence-corrected chi connectivity index (χ3v) is 9.38. The van der Waals surface area contributed by atoms with Crippen molar-refractivity contribution in [3.05, 3.63) is 89.2 Å². The van der Waals surface area contributed by atoms with E-state index in [0.717, 1.165) is 29.5 Å². The molecule has 0 saturated carbocycles. The van der Waals surface area contributed by atoms with E-state index >= 15 is 0 Å². The lowest BCUT2D eigenvalue weighted by Crippen LogP contribution is -2.46. The van der Waals surface area contributed by atoms with Gasteiger partial charge in [0.2, 0.25) is 0 Å². The van der Waals surface area contributed by atoms with Crippen LogP contribution in [-0.2, 0) is 15.9 Å². The van der Waals surface area contributed by atoms with Gasteiger partial charge in [0.05, 0.1) is 68.8 Å². The first kappa shape index (κ1) is 38.2. The van der Waals surface area contributed by atoms with E-state index in [4.69, 9.17) is 21.3 Å². The Morgan fingerprint density at radius 1 is 0.880 bits per heavy atom. The number of ether oxygens (including phenoxy) is 2. The van der Waals surface area contributed by atoms with Gasteiger partial charge in [-0.05, 0) is 78.4 Å². The molecule has 0 radical (unpaired) electrons. The maximum atomic E-state index is 14.2. The summed E-state index contributed by atoms with van der Waals surface area (Å²) >= 11 is 0. The van der Waals surface area contributed by atoms with Crippen LogP contribution >= 0.6 is 0 Å². The summed E-state index contributed by atoms with van der Waals surface area (Å²) in [4.78, 5) is 57.8. The number of benzene rings is 4. The quantitative estimate of drug-likeness (QED) is 0.0632. The van der Waals surface area contributed by atoms with Crippen LogP contribution < -0.4 is 38.8 Å². The number of rotatable bonds is 12. The number of aryl methyl sites for hydroxylation is 1. The van der Waals surface area contributed by atoms with Gasteiger partial charge in [0.1, 0.15) is 6.23 Å². The fourth-order valence-corrected chi connectivity index (χ4v) is 6.08. The van der Waals surface area contributed by atoms with Gasteiger partial charge in [0.25, 0.3) is 11.1 Å².